The van der Waals surface area contributed by atoms with Crippen LogP contribution >= 0.6 is 46.4 Å². The highest BCUT2D eigenvalue weighted by Gasteiger charge is 2.35. The molecule has 5 aromatic heterocycles. The first kappa shape index (κ1) is 64.2. The normalized spacial score (nSPS) is 13.9. The number of likely N-dealkylation sites (tertiary alicyclic amines) is 2. The zero-order valence-electron chi connectivity index (χ0n) is 48.9. The number of aldehydes is 1. The summed E-state index contributed by atoms with van der Waals surface area (Å²) < 4.78 is 28.1. The Bertz CT molecular complexity index is 3380. The van der Waals surface area contributed by atoms with Crippen molar-refractivity contribution in [2.45, 2.75) is 117 Å². The van der Waals surface area contributed by atoms with E-state index in [0.29, 0.717) is 141 Å². The van der Waals surface area contributed by atoms with Crippen LogP contribution in [0.4, 0.5) is 9.59 Å². The van der Waals surface area contributed by atoms with Gasteiger partial charge in [-0.15, -0.1) is 0 Å². The third kappa shape index (κ3) is 15.9. The number of nitrogens with zero attached hydrogens (tertiary/aromatic N) is 9. The molecule has 2 aliphatic heterocycles. The van der Waals surface area contributed by atoms with Crippen LogP contribution in [0.1, 0.15) is 103 Å². The molecule has 19 nitrogen and oxygen atoms in total. The second kappa shape index (κ2) is 28.0. The molecule has 0 radical (unpaired) electrons. The van der Waals surface area contributed by atoms with Crippen molar-refractivity contribution in [2.24, 2.45) is 0 Å². The number of amides is 4. The molecule has 0 unspecified atom stereocenters. The first-order valence-electron chi connectivity index (χ1n) is 27.2. The Morgan fingerprint density at radius 2 is 0.952 bits per heavy atom. The fraction of sp³-hybridized carbons (Fsp3) is 0.410. The second-order valence-corrected chi connectivity index (χ2v) is 23.5. The first-order valence-corrected chi connectivity index (χ1v) is 28.7. The van der Waals surface area contributed by atoms with Gasteiger partial charge in [0.2, 0.25) is 29.5 Å². The summed E-state index contributed by atoms with van der Waals surface area (Å²) in [5.41, 5.74) is 4.86. The standard InChI is InChI=1S/C37H39Cl2N5O6.C24H30Cl2N4O4/c1-22(46)43-18-15-25(16-19-43)44(36(47)50-37(2,3)4)20-23-10-12-30(41-34(23)48-5)27-14-17-40-33(32(27)39)28-9-7-8-26(31(28)38)29-13-11-24(21-45)35(42-29)49-6;1-15(31)29-12-9-17(10-13-29)30(23(32)34-24(2,3)4)14-16-6-7-19(28-22(16)33-5)18-8-11-27-21(26)20(18)25/h7-14,17,21,25H,15-16,18-20H2,1-6H3;6-8,11,17H,9-10,12-14H2,1-5H3. The number of carbonyl (C=O) groups excluding carboxylic acids is 5. The SMILES string of the molecule is COc1nc(-c2cccc(-c3nccc(-c4ccc(CN(C(=O)OC(C)(C)C)C5CCN(C(C)=O)CC5)c(OC)n4)c3Cl)c2Cl)ccc1C=O.COc1nc(-c2ccnc(Cl)c2Cl)ccc1CN(C(=O)OC(C)(C)C)C1CCN(C(C)=O)CC1. The third-order valence-corrected chi connectivity index (χ3v) is 15.5. The van der Waals surface area contributed by atoms with Gasteiger partial charge in [-0.3, -0.25) is 19.4 Å². The van der Waals surface area contributed by atoms with E-state index in [9.17, 15) is 24.0 Å². The van der Waals surface area contributed by atoms with Crippen LogP contribution < -0.4 is 14.2 Å². The van der Waals surface area contributed by atoms with Gasteiger partial charge in [0, 0.05) is 97.9 Å². The van der Waals surface area contributed by atoms with Crippen molar-refractivity contribution < 1.29 is 47.7 Å². The number of aromatic nitrogens is 5. The van der Waals surface area contributed by atoms with Gasteiger partial charge in [-0.2, -0.15) is 0 Å². The van der Waals surface area contributed by atoms with E-state index in [4.69, 9.17) is 75.1 Å². The van der Waals surface area contributed by atoms with Crippen LogP contribution in [-0.2, 0) is 32.2 Å². The molecule has 0 atom stereocenters. The van der Waals surface area contributed by atoms with E-state index in [2.05, 4.69) is 19.9 Å². The van der Waals surface area contributed by atoms with Crippen LogP contribution in [0.5, 0.6) is 17.6 Å². The molecular weight excluding hydrogens is 1160 g/mol. The summed E-state index contributed by atoms with van der Waals surface area (Å²) in [7, 11) is 4.49. The lowest BCUT2D eigenvalue weighted by Gasteiger charge is -2.39. The Morgan fingerprint density at radius 3 is 1.38 bits per heavy atom. The van der Waals surface area contributed by atoms with Gasteiger partial charge >= 0.3 is 12.2 Å². The number of hydrogen-bond donors (Lipinski definition) is 0. The lowest BCUT2D eigenvalue weighted by atomic mass is 10.0. The number of carbonyl (C=O) groups is 5. The minimum atomic E-state index is -0.690. The molecule has 0 N–H and O–H groups in total. The van der Waals surface area contributed by atoms with Crippen molar-refractivity contribution in [3.63, 3.8) is 0 Å². The van der Waals surface area contributed by atoms with Crippen molar-refractivity contribution in [1.29, 1.82) is 0 Å². The Kier molecular flexibility index (Phi) is 21.4. The number of hydrogen-bond acceptors (Lipinski definition) is 15. The smallest absolute Gasteiger partial charge is 0.410 e. The summed E-state index contributed by atoms with van der Waals surface area (Å²) >= 11 is 26.3. The summed E-state index contributed by atoms with van der Waals surface area (Å²) in [6.45, 7) is 16.8. The van der Waals surface area contributed by atoms with Crippen LogP contribution in [-0.4, -0.2) is 146 Å². The van der Waals surface area contributed by atoms with Gasteiger partial charge in [-0.05, 0) is 116 Å². The maximum absolute atomic E-state index is 13.5. The minimum Gasteiger partial charge on any atom is -0.481 e. The van der Waals surface area contributed by atoms with Gasteiger partial charge in [0.25, 0.3) is 0 Å². The van der Waals surface area contributed by atoms with Crippen LogP contribution in [0, 0.1) is 0 Å². The molecule has 6 aromatic rings. The Morgan fingerprint density at radius 1 is 0.548 bits per heavy atom. The van der Waals surface area contributed by atoms with Crippen molar-refractivity contribution in [1.82, 2.24) is 44.5 Å². The van der Waals surface area contributed by atoms with E-state index in [1.807, 2.05) is 77.9 Å². The number of ether oxygens (including phenoxy) is 5. The molecule has 4 amide bonds. The van der Waals surface area contributed by atoms with E-state index in [-0.39, 0.29) is 48.0 Å². The van der Waals surface area contributed by atoms with Gasteiger partial charge in [0.05, 0.1) is 77.8 Å². The quantitative estimate of drug-likeness (QED) is 0.0734. The number of pyridine rings is 5. The maximum Gasteiger partial charge on any atom is 0.410 e. The molecule has 2 aliphatic rings. The van der Waals surface area contributed by atoms with Crippen LogP contribution in [0.15, 0.2) is 79.1 Å². The van der Waals surface area contributed by atoms with Crippen LogP contribution in [0.3, 0.4) is 0 Å². The molecule has 1 aromatic carbocycles. The first-order chi connectivity index (χ1) is 39.8. The fourth-order valence-electron chi connectivity index (χ4n) is 9.72. The predicted octanol–water partition coefficient (Wildman–Crippen LogP) is 13.0. The molecule has 0 spiro atoms. The average Bonchev–Trinajstić information content (AvgIpc) is 2.49. The number of piperidine rings is 2. The molecule has 2 saturated heterocycles. The van der Waals surface area contributed by atoms with E-state index in [1.54, 1.807) is 76.2 Å². The molecule has 7 heterocycles. The monoisotopic (exact) mass is 1230 g/mol. The Hall–Kier alpha value is -7.32. The highest BCUT2D eigenvalue weighted by molar-refractivity contribution is 6.43. The Balaban J connectivity index is 0.000000260. The van der Waals surface area contributed by atoms with E-state index in [0.717, 1.165) is 5.56 Å². The lowest BCUT2D eigenvalue weighted by molar-refractivity contribution is -0.131. The summed E-state index contributed by atoms with van der Waals surface area (Å²) in [6, 6.07) is 19.4. The molecule has 2 fully saturated rings. The van der Waals surface area contributed by atoms with Gasteiger partial charge < -0.3 is 43.3 Å². The van der Waals surface area contributed by atoms with Gasteiger partial charge in [-0.25, -0.2) is 29.5 Å². The molecule has 0 bridgehead atoms. The number of benzene rings is 1. The van der Waals surface area contributed by atoms with E-state index in [1.165, 1.54) is 21.3 Å². The average molecular weight is 1230 g/mol. The second-order valence-electron chi connectivity index (χ2n) is 22.0. The van der Waals surface area contributed by atoms with E-state index >= 15 is 0 Å². The van der Waals surface area contributed by atoms with Gasteiger partial charge in [0.15, 0.2) is 6.29 Å². The molecule has 84 heavy (non-hydrogen) atoms. The highest BCUT2D eigenvalue weighted by Crippen LogP contribution is 2.42. The predicted molar refractivity (Wildman–Crippen MR) is 323 cm³/mol. The highest BCUT2D eigenvalue weighted by atomic mass is 35.5. The van der Waals surface area contributed by atoms with Crippen molar-refractivity contribution in [3.8, 4) is 62.7 Å². The van der Waals surface area contributed by atoms with Crippen molar-refractivity contribution >= 4 is 76.7 Å². The number of methoxy groups -OCH3 is 3. The summed E-state index contributed by atoms with van der Waals surface area (Å²) in [4.78, 5) is 91.1. The molecule has 8 rings (SSSR count). The lowest BCUT2D eigenvalue weighted by Crippen LogP contribution is -2.49. The fourth-order valence-corrected chi connectivity index (χ4v) is 10.7. The summed E-state index contributed by atoms with van der Waals surface area (Å²) in [5, 5.41) is 1.18. The maximum atomic E-state index is 13.5. The summed E-state index contributed by atoms with van der Waals surface area (Å²) in [6.07, 6.45) is 5.58. The molecule has 23 heteroatoms. The largest absolute Gasteiger partial charge is 0.481 e. The molecular formula is C61H69Cl4N9O10. The van der Waals surface area contributed by atoms with Crippen molar-refractivity contribution in [2.75, 3.05) is 47.5 Å². The van der Waals surface area contributed by atoms with Gasteiger partial charge in [0.1, 0.15) is 16.4 Å². The van der Waals surface area contributed by atoms with E-state index < -0.39 is 23.4 Å². The number of rotatable bonds is 14. The summed E-state index contributed by atoms with van der Waals surface area (Å²) in [5.74, 6) is 0.943. The zero-order valence-corrected chi connectivity index (χ0v) is 52.0. The third-order valence-electron chi connectivity index (χ3n) is 13.9. The number of halogens is 4. The molecule has 446 valence electrons. The molecule has 0 saturated carbocycles. The van der Waals surface area contributed by atoms with Crippen LogP contribution in [0.25, 0.3) is 45.0 Å². The zero-order chi connectivity index (χ0) is 61.2. The van der Waals surface area contributed by atoms with Crippen LogP contribution in [0.2, 0.25) is 20.2 Å². The minimum absolute atomic E-state index is 0.0182. The van der Waals surface area contributed by atoms with Gasteiger partial charge in [-0.1, -0.05) is 64.6 Å². The topological polar surface area (TPSA) is 209 Å². The molecule has 0 aliphatic carbocycles. The Labute approximate surface area is 509 Å². The van der Waals surface area contributed by atoms with Crippen molar-refractivity contribution in [3.05, 3.63) is 116 Å².